The lowest BCUT2D eigenvalue weighted by Gasteiger charge is -2.27. The van der Waals surface area contributed by atoms with Crippen LogP contribution in [0.15, 0.2) is 30.5 Å². The molecule has 31 heavy (non-hydrogen) atoms. The number of hydrogen-bond acceptors (Lipinski definition) is 6. The van der Waals surface area contributed by atoms with Gasteiger partial charge in [0.25, 0.3) is 0 Å². The number of methoxy groups -OCH3 is 1. The summed E-state index contributed by atoms with van der Waals surface area (Å²) in [6.45, 7) is 6.17. The zero-order valence-electron chi connectivity index (χ0n) is 18.3. The number of halogens is 1. The van der Waals surface area contributed by atoms with Crippen LogP contribution >= 0.6 is 11.6 Å². The topological polar surface area (TPSA) is 75.4 Å². The minimum Gasteiger partial charge on any atom is -0.493 e. The van der Waals surface area contributed by atoms with E-state index in [0.29, 0.717) is 30.7 Å². The van der Waals surface area contributed by atoms with Crippen LogP contribution in [0.25, 0.3) is 10.9 Å². The molecule has 0 bridgehead atoms. The van der Waals surface area contributed by atoms with Crippen LogP contribution in [-0.2, 0) is 11.2 Å². The van der Waals surface area contributed by atoms with E-state index in [1.165, 1.54) is 5.56 Å². The van der Waals surface area contributed by atoms with Crippen LogP contribution < -0.4 is 10.2 Å². The Morgan fingerprint density at radius 3 is 2.74 bits per heavy atom. The van der Waals surface area contributed by atoms with Gasteiger partial charge in [-0.2, -0.15) is 4.98 Å². The number of anilines is 2. The summed E-state index contributed by atoms with van der Waals surface area (Å²) < 4.78 is 6.99. The Morgan fingerprint density at radius 1 is 1.26 bits per heavy atom. The first-order chi connectivity index (χ1) is 15.0. The molecule has 1 fully saturated rings. The predicted octanol–water partition coefficient (Wildman–Crippen LogP) is 4.64. The average Bonchev–Trinajstić information content (AvgIpc) is 3.34. The Labute approximate surface area is 188 Å². The van der Waals surface area contributed by atoms with Crippen molar-refractivity contribution in [3.8, 4) is 5.88 Å². The predicted molar refractivity (Wildman–Crippen MR) is 125 cm³/mol. The third-order valence-electron chi connectivity index (χ3n) is 5.83. The molecule has 0 spiro atoms. The molecule has 166 valence electrons. The van der Waals surface area contributed by atoms with Gasteiger partial charge in [-0.1, -0.05) is 23.7 Å². The normalized spacial score (nSPS) is 16.5. The maximum atomic E-state index is 10.8. The molecule has 0 amide bonds. The molecule has 1 aromatic carbocycles. The smallest absolute Gasteiger partial charge is 0.225 e. The van der Waals surface area contributed by atoms with Crippen LogP contribution in [0.5, 0.6) is 5.88 Å². The molecule has 3 heterocycles. The highest BCUT2D eigenvalue weighted by Gasteiger charge is 2.29. The number of aromatic hydroxyl groups is 1. The largest absolute Gasteiger partial charge is 0.493 e. The van der Waals surface area contributed by atoms with E-state index in [1.807, 2.05) is 36.7 Å². The third kappa shape index (κ3) is 4.57. The van der Waals surface area contributed by atoms with Crippen molar-refractivity contribution >= 4 is 34.3 Å². The van der Waals surface area contributed by atoms with Crippen molar-refractivity contribution < 1.29 is 9.84 Å². The van der Waals surface area contributed by atoms with Gasteiger partial charge in [0.05, 0.1) is 12.0 Å². The fourth-order valence-corrected chi connectivity index (χ4v) is 4.37. The summed E-state index contributed by atoms with van der Waals surface area (Å²) in [4.78, 5) is 11.9. The summed E-state index contributed by atoms with van der Waals surface area (Å²) in [7, 11) is 1.66. The molecule has 8 heteroatoms. The zero-order chi connectivity index (χ0) is 22.0. The van der Waals surface area contributed by atoms with Gasteiger partial charge in [0, 0.05) is 43.5 Å². The maximum Gasteiger partial charge on any atom is 0.225 e. The number of fused-ring (bicyclic) bond motifs is 1. The van der Waals surface area contributed by atoms with Crippen LogP contribution in [0.3, 0.4) is 0 Å². The molecular formula is C23H30ClN5O2. The van der Waals surface area contributed by atoms with E-state index in [-0.39, 0.29) is 11.9 Å². The highest BCUT2D eigenvalue weighted by molar-refractivity contribution is 6.30. The fraction of sp³-hybridized carbons (Fsp3) is 0.478. The highest BCUT2D eigenvalue weighted by atomic mass is 35.5. The van der Waals surface area contributed by atoms with E-state index in [9.17, 15) is 5.11 Å². The molecular weight excluding hydrogens is 414 g/mol. The van der Waals surface area contributed by atoms with Crippen LogP contribution in [0, 0.1) is 0 Å². The molecule has 1 aliphatic heterocycles. The average molecular weight is 444 g/mol. The SMILES string of the molecule is COCCNc1nc(N2CCCC2Cc2ccc(Cl)cc2)c2cn(C(C)C)c(O)c2n1. The Kier molecular flexibility index (Phi) is 6.53. The third-order valence-corrected chi connectivity index (χ3v) is 6.08. The van der Waals surface area contributed by atoms with Crippen LogP contribution in [0.1, 0.15) is 38.3 Å². The first kappa shape index (κ1) is 21.7. The lowest BCUT2D eigenvalue weighted by atomic mass is 10.0. The summed E-state index contributed by atoms with van der Waals surface area (Å²) in [5.41, 5.74) is 1.84. The molecule has 3 aromatic rings. The van der Waals surface area contributed by atoms with Gasteiger partial charge < -0.3 is 24.6 Å². The Balaban J connectivity index is 1.72. The molecule has 2 N–H and O–H groups in total. The zero-order valence-corrected chi connectivity index (χ0v) is 19.1. The van der Waals surface area contributed by atoms with Gasteiger partial charge >= 0.3 is 0 Å². The second kappa shape index (κ2) is 9.32. The molecule has 7 nitrogen and oxygen atoms in total. The summed E-state index contributed by atoms with van der Waals surface area (Å²) in [5.74, 6) is 1.56. The Bertz CT molecular complexity index is 1030. The number of benzene rings is 1. The van der Waals surface area contributed by atoms with E-state index in [0.717, 1.165) is 42.0 Å². The molecule has 1 saturated heterocycles. The molecule has 2 aromatic heterocycles. The molecule has 1 aliphatic rings. The molecule has 0 aliphatic carbocycles. The first-order valence-electron chi connectivity index (χ1n) is 10.8. The van der Waals surface area contributed by atoms with Crippen molar-refractivity contribution in [2.75, 3.05) is 37.0 Å². The van der Waals surface area contributed by atoms with Crippen LogP contribution in [0.2, 0.25) is 5.02 Å². The maximum absolute atomic E-state index is 10.8. The van der Waals surface area contributed by atoms with Gasteiger partial charge in [0.15, 0.2) is 0 Å². The van der Waals surface area contributed by atoms with Crippen molar-refractivity contribution in [3.63, 3.8) is 0 Å². The summed E-state index contributed by atoms with van der Waals surface area (Å²) >= 11 is 6.06. The van der Waals surface area contributed by atoms with Crippen LogP contribution in [0.4, 0.5) is 11.8 Å². The number of nitrogens with one attached hydrogen (secondary N) is 1. The van der Waals surface area contributed by atoms with Crippen molar-refractivity contribution in [2.24, 2.45) is 0 Å². The minimum absolute atomic E-state index is 0.121. The number of nitrogens with zero attached hydrogens (tertiary/aromatic N) is 4. The van der Waals surface area contributed by atoms with E-state index < -0.39 is 0 Å². The van der Waals surface area contributed by atoms with Gasteiger partial charge in [-0.3, -0.25) is 0 Å². The van der Waals surface area contributed by atoms with E-state index >= 15 is 0 Å². The van der Waals surface area contributed by atoms with Gasteiger partial charge in [-0.15, -0.1) is 0 Å². The van der Waals surface area contributed by atoms with Crippen molar-refractivity contribution in [3.05, 3.63) is 41.0 Å². The van der Waals surface area contributed by atoms with Crippen LogP contribution in [-0.4, -0.2) is 52.5 Å². The van der Waals surface area contributed by atoms with Gasteiger partial charge in [-0.05, 0) is 50.8 Å². The summed E-state index contributed by atoms with van der Waals surface area (Å²) in [5, 5.41) is 15.7. The Hall–Kier alpha value is -2.51. The molecule has 0 radical (unpaired) electrons. The second-order valence-electron chi connectivity index (χ2n) is 8.33. The van der Waals surface area contributed by atoms with Gasteiger partial charge in [0.1, 0.15) is 11.3 Å². The minimum atomic E-state index is 0.121. The highest BCUT2D eigenvalue weighted by Crippen LogP contribution is 2.37. The van der Waals surface area contributed by atoms with Crippen molar-refractivity contribution in [1.82, 2.24) is 14.5 Å². The monoisotopic (exact) mass is 443 g/mol. The second-order valence-corrected chi connectivity index (χ2v) is 8.76. The Morgan fingerprint density at radius 2 is 2.03 bits per heavy atom. The fourth-order valence-electron chi connectivity index (χ4n) is 4.25. The molecule has 1 atom stereocenters. The number of rotatable bonds is 8. The van der Waals surface area contributed by atoms with E-state index in [2.05, 4.69) is 27.3 Å². The lowest BCUT2D eigenvalue weighted by Crippen LogP contribution is -2.32. The standard InChI is InChI=1S/C23H30ClN5O2/c1-15(2)29-14-19-20(22(29)30)26-23(25-10-12-31-3)27-21(19)28-11-4-5-18(28)13-16-6-8-17(24)9-7-16/h6-9,14-15,18,30H,4-5,10-13H2,1-3H3,(H,25,26). The lowest BCUT2D eigenvalue weighted by molar-refractivity contribution is 0.210. The van der Waals surface area contributed by atoms with Gasteiger partial charge in [-0.25, -0.2) is 4.98 Å². The molecule has 4 rings (SSSR count). The van der Waals surface area contributed by atoms with Crippen molar-refractivity contribution in [2.45, 2.75) is 45.2 Å². The number of aromatic nitrogens is 3. The van der Waals surface area contributed by atoms with Crippen molar-refractivity contribution in [1.29, 1.82) is 0 Å². The summed E-state index contributed by atoms with van der Waals surface area (Å²) in [6.07, 6.45) is 5.09. The van der Waals surface area contributed by atoms with E-state index in [1.54, 1.807) is 7.11 Å². The number of hydrogen-bond donors (Lipinski definition) is 2. The summed E-state index contributed by atoms with van der Waals surface area (Å²) in [6, 6.07) is 8.52. The van der Waals surface area contributed by atoms with E-state index in [4.69, 9.17) is 21.3 Å². The first-order valence-corrected chi connectivity index (χ1v) is 11.2. The molecule has 0 saturated carbocycles. The van der Waals surface area contributed by atoms with Gasteiger partial charge in [0.2, 0.25) is 11.8 Å². The quantitative estimate of drug-likeness (QED) is 0.494. The number of ether oxygens (including phenoxy) is 1. The molecule has 1 unspecified atom stereocenters.